The van der Waals surface area contributed by atoms with Gasteiger partial charge in [0.1, 0.15) is 0 Å². The van der Waals surface area contributed by atoms with Gasteiger partial charge in [-0.1, -0.05) is 51.5 Å². The molecule has 2 N–H and O–H groups in total. The second-order valence-corrected chi connectivity index (χ2v) is 9.71. The van der Waals surface area contributed by atoms with Crippen LogP contribution in [0.5, 0.6) is 0 Å². The van der Waals surface area contributed by atoms with Gasteiger partial charge in [-0.3, -0.25) is 14.8 Å². The Morgan fingerprint density at radius 3 is 2.55 bits per heavy atom. The first-order chi connectivity index (χ1) is 13.9. The fourth-order valence-corrected chi connectivity index (χ4v) is 5.14. The van der Waals surface area contributed by atoms with Crippen molar-refractivity contribution in [1.82, 2.24) is 4.98 Å². The number of rotatable bonds is 5. The van der Waals surface area contributed by atoms with Gasteiger partial charge in [0.2, 0.25) is 0 Å². The Morgan fingerprint density at radius 2 is 1.76 bits per heavy atom. The number of benzene rings is 3. The molecular formula is C20H14BrN3O3S2. The third kappa shape index (κ3) is 4.47. The number of sulfonamides is 1. The number of nitrogens with zero attached hydrogens (tertiary/aromatic N) is 1. The Bertz CT molecular complexity index is 1310. The molecule has 3 aromatic carbocycles. The fraction of sp³-hybridized carbons (Fsp3) is 0. The van der Waals surface area contributed by atoms with Gasteiger partial charge in [0.15, 0.2) is 5.13 Å². The Kier molecular flexibility index (Phi) is 5.35. The maximum absolute atomic E-state index is 12.6. The summed E-state index contributed by atoms with van der Waals surface area (Å²) in [6, 6.07) is 20.0. The van der Waals surface area contributed by atoms with Crippen molar-refractivity contribution in [3.8, 4) is 0 Å². The van der Waals surface area contributed by atoms with Crippen molar-refractivity contribution >= 4 is 64.2 Å². The van der Waals surface area contributed by atoms with Crippen LogP contribution in [-0.2, 0) is 10.0 Å². The highest BCUT2D eigenvalue weighted by Gasteiger charge is 2.15. The van der Waals surface area contributed by atoms with Gasteiger partial charge in [0.25, 0.3) is 15.9 Å². The molecule has 9 heteroatoms. The van der Waals surface area contributed by atoms with Crippen LogP contribution in [-0.4, -0.2) is 19.3 Å². The number of carbonyl (C=O) groups excluding carboxylic acids is 1. The molecule has 1 heterocycles. The third-order valence-electron chi connectivity index (χ3n) is 4.00. The van der Waals surface area contributed by atoms with E-state index in [0.717, 1.165) is 14.7 Å². The number of nitrogens with one attached hydrogen (secondary N) is 2. The summed E-state index contributed by atoms with van der Waals surface area (Å²) in [5, 5.41) is 3.24. The lowest BCUT2D eigenvalue weighted by Gasteiger charge is -2.09. The van der Waals surface area contributed by atoms with Gasteiger partial charge in [-0.05, 0) is 48.5 Å². The number of hydrogen-bond donors (Lipinski definition) is 2. The van der Waals surface area contributed by atoms with E-state index in [9.17, 15) is 13.2 Å². The Labute approximate surface area is 179 Å². The third-order valence-corrected chi connectivity index (χ3v) is 6.83. The van der Waals surface area contributed by atoms with Gasteiger partial charge in [-0.25, -0.2) is 13.4 Å². The average Bonchev–Trinajstić information content (AvgIpc) is 3.10. The molecule has 1 aromatic heterocycles. The minimum Gasteiger partial charge on any atom is -0.298 e. The Morgan fingerprint density at radius 1 is 0.966 bits per heavy atom. The van der Waals surface area contributed by atoms with Crippen LogP contribution in [0.2, 0.25) is 0 Å². The lowest BCUT2D eigenvalue weighted by molar-refractivity contribution is 0.102. The van der Waals surface area contributed by atoms with E-state index in [4.69, 9.17) is 0 Å². The van der Waals surface area contributed by atoms with Crippen molar-refractivity contribution < 1.29 is 13.2 Å². The highest BCUT2D eigenvalue weighted by Crippen LogP contribution is 2.29. The largest absolute Gasteiger partial charge is 0.298 e. The number of halogens is 1. The molecule has 0 unspecified atom stereocenters. The molecule has 0 spiro atoms. The molecule has 0 bridgehead atoms. The molecule has 0 saturated heterocycles. The van der Waals surface area contributed by atoms with Crippen molar-refractivity contribution in [1.29, 1.82) is 0 Å². The summed E-state index contributed by atoms with van der Waals surface area (Å²) in [7, 11) is -3.73. The van der Waals surface area contributed by atoms with E-state index in [-0.39, 0.29) is 10.8 Å². The first-order valence-electron chi connectivity index (χ1n) is 8.46. The van der Waals surface area contributed by atoms with Gasteiger partial charge in [0.05, 0.1) is 15.1 Å². The molecule has 6 nitrogen and oxygen atoms in total. The van der Waals surface area contributed by atoms with Gasteiger partial charge in [-0.2, -0.15) is 0 Å². The van der Waals surface area contributed by atoms with Crippen LogP contribution < -0.4 is 10.0 Å². The first kappa shape index (κ1) is 19.6. The molecule has 29 heavy (non-hydrogen) atoms. The van der Waals surface area contributed by atoms with Crippen molar-refractivity contribution in [2.24, 2.45) is 0 Å². The molecule has 146 valence electrons. The molecule has 0 fully saturated rings. The zero-order valence-electron chi connectivity index (χ0n) is 14.8. The van der Waals surface area contributed by atoms with Gasteiger partial charge in [-0.15, -0.1) is 0 Å². The average molecular weight is 488 g/mol. The van der Waals surface area contributed by atoms with Gasteiger partial charge >= 0.3 is 0 Å². The molecule has 0 aliphatic rings. The van der Waals surface area contributed by atoms with Crippen LogP contribution in [0.15, 0.2) is 82.2 Å². The molecule has 4 rings (SSSR count). The molecule has 0 radical (unpaired) electrons. The van der Waals surface area contributed by atoms with E-state index in [1.807, 2.05) is 18.2 Å². The van der Waals surface area contributed by atoms with E-state index in [1.165, 1.54) is 29.5 Å². The SMILES string of the molecule is O=C(Nc1nc2ccc(Br)cc2s1)c1cccc(NS(=O)(=O)c2ccccc2)c1. The monoisotopic (exact) mass is 487 g/mol. The summed E-state index contributed by atoms with van der Waals surface area (Å²) in [5.74, 6) is -0.371. The Hall–Kier alpha value is -2.75. The van der Waals surface area contributed by atoms with Crippen LogP contribution in [0, 0.1) is 0 Å². The van der Waals surface area contributed by atoms with Crippen molar-refractivity contribution in [2.75, 3.05) is 10.0 Å². The summed E-state index contributed by atoms with van der Waals surface area (Å²) in [6.07, 6.45) is 0. The zero-order chi connectivity index (χ0) is 20.4. The fourth-order valence-electron chi connectivity index (χ4n) is 2.66. The minimum atomic E-state index is -3.73. The molecule has 0 saturated carbocycles. The summed E-state index contributed by atoms with van der Waals surface area (Å²) >= 11 is 4.77. The van der Waals surface area contributed by atoms with Crippen LogP contribution in [0.3, 0.4) is 0 Å². The topological polar surface area (TPSA) is 88.2 Å². The number of hydrogen-bond acceptors (Lipinski definition) is 5. The second kappa shape index (κ2) is 7.94. The normalized spacial score (nSPS) is 11.3. The van der Waals surface area contributed by atoms with Crippen molar-refractivity contribution in [3.05, 3.63) is 82.8 Å². The second-order valence-electron chi connectivity index (χ2n) is 6.08. The number of anilines is 2. The van der Waals surface area contributed by atoms with E-state index >= 15 is 0 Å². The minimum absolute atomic E-state index is 0.149. The molecule has 0 aliphatic heterocycles. The molecule has 0 atom stereocenters. The van der Waals surface area contributed by atoms with Crippen molar-refractivity contribution in [2.45, 2.75) is 4.90 Å². The van der Waals surface area contributed by atoms with E-state index in [0.29, 0.717) is 16.4 Å². The highest BCUT2D eigenvalue weighted by atomic mass is 79.9. The van der Waals surface area contributed by atoms with Gasteiger partial charge < -0.3 is 0 Å². The molecule has 4 aromatic rings. The number of aromatic nitrogens is 1. The van der Waals surface area contributed by atoms with E-state index in [1.54, 1.807) is 36.4 Å². The molecule has 0 aliphatic carbocycles. The number of amides is 1. The maximum atomic E-state index is 12.6. The summed E-state index contributed by atoms with van der Waals surface area (Å²) in [4.78, 5) is 17.2. The number of carbonyl (C=O) groups is 1. The van der Waals surface area contributed by atoms with Crippen LogP contribution in [0.1, 0.15) is 10.4 Å². The summed E-state index contributed by atoms with van der Waals surface area (Å²) in [6.45, 7) is 0. The summed E-state index contributed by atoms with van der Waals surface area (Å²) < 4.78 is 29.3. The Balaban J connectivity index is 1.54. The zero-order valence-corrected chi connectivity index (χ0v) is 18.0. The van der Waals surface area contributed by atoms with Crippen LogP contribution in [0.25, 0.3) is 10.2 Å². The predicted octanol–water partition coefficient (Wildman–Crippen LogP) is 5.11. The maximum Gasteiger partial charge on any atom is 0.261 e. The molecular weight excluding hydrogens is 474 g/mol. The highest BCUT2D eigenvalue weighted by molar-refractivity contribution is 9.10. The lowest BCUT2D eigenvalue weighted by atomic mass is 10.2. The number of fused-ring (bicyclic) bond motifs is 1. The van der Waals surface area contributed by atoms with Crippen LogP contribution >= 0.6 is 27.3 Å². The van der Waals surface area contributed by atoms with Crippen LogP contribution in [0.4, 0.5) is 10.8 Å². The molecule has 1 amide bonds. The smallest absolute Gasteiger partial charge is 0.261 e. The summed E-state index contributed by atoms with van der Waals surface area (Å²) in [5.41, 5.74) is 1.41. The lowest BCUT2D eigenvalue weighted by Crippen LogP contribution is -2.15. The predicted molar refractivity (Wildman–Crippen MR) is 119 cm³/mol. The van der Waals surface area contributed by atoms with Crippen molar-refractivity contribution in [3.63, 3.8) is 0 Å². The van der Waals surface area contributed by atoms with Gasteiger partial charge in [0, 0.05) is 15.7 Å². The quantitative estimate of drug-likeness (QED) is 0.409. The van der Waals surface area contributed by atoms with E-state index in [2.05, 4.69) is 31.0 Å². The first-order valence-corrected chi connectivity index (χ1v) is 11.6. The standard InChI is InChI=1S/C20H14BrN3O3S2/c21-14-9-10-17-18(12-14)28-20(22-17)23-19(25)13-5-4-6-15(11-13)24-29(26,27)16-7-2-1-3-8-16/h1-12,24H,(H,22,23,25). The number of thiazole rings is 1. The van der Waals surface area contributed by atoms with E-state index < -0.39 is 10.0 Å².